The van der Waals surface area contributed by atoms with Gasteiger partial charge < -0.3 is 13.8 Å². The van der Waals surface area contributed by atoms with E-state index >= 15 is 0 Å². The van der Waals surface area contributed by atoms with Gasteiger partial charge in [-0.1, -0.05) is 6.92 Å². The average molecular weight is 236 g/mol. The molecule has 6 heteroatoms. The van der Waals surface area contributed by atoms with Gasteiger partial charge in [0.1, 0.15) is 6.10 Å². The fourth-order valence-corrected chi connectivity index (χ4v) is 3.67. The van der Waals surface area contributed by atoms with Crippen molar-refractivity contribution in [2.45, 2.75) is 39.0 Å². The first-order chi connectivity index (χ1) is 7.09. The highest BCUT2D eigenvalue weighted by Crippen LogP contribution is 2.58. The van der Waals surface area contributed by atoms with Gasteiger partial charge >= 0.3 is 13.6 Å². The molecule has 0 N–H and O–H groups in total. The zero-order chi connectivity index (χ0) is 11.5. The van der Waals surface area contributed by atoms with Crippen molar-refractivity contribution < 1.29 is 23.1 Å². The molecule has 1 saturated heterocycles. The predicted octanol–water partition coefficient (Wildman–Crippen LogP) is 1.96. The molecule has 0 aromatic carbocycles. The van der Waals surface area contributed by atoms with Crippen molar-refractivity contribution in [1.29, 1.82) is 0 Å². The van der Waals surface area contributed by atoms with Gasteiger partial charge in [-0.25, -0.2) is 0 Å². The van der Waals surface area contributed by atoms with Crippen LogP contribution in [0.3, 0.4) is 0 Å². The summed E-state index contributed by atoms with van der Waals surface area (Å²) in [5.74, 6) is -0.480. The molecule has 2 atom stereocenters. The van der Waals surface area contributed by atoms with Crippen molar-refractivity contribution in [3.63, 3.8) is 0 Å². The van der Waals surface area contributed by atoms with E-state index < -0.39 is 19.2 Å². The molecule has 5 nitrogen and oxygen atoms in total. The Morgan fingerprint density at radius 2 is 1.80 bits per heavy atom. The lowest BCUT2D eigenvalue weighted by Crippen LogP contribution is -2.50. The quantitative estimate of drug-likeness (QED) is 0.521. The molecule has 0 aliphatic carbocycles. The zero-order valence-electron chi connectivity index (χ0n) is 9.26. The lowest BCUT2D eigenvalue weighted by atomic mass is 10.1. The van der Waals surface area contributed by atoms with Gasteiger partial charge in [-0.2, -0.15) is 0 Å². The number of cyclic esters (lactones) is 1. The first kappa shape index (κ1) is 12.7. The monoisotopic (exact) mass is 236 g/mol. The number of hydrogen-bond donors (Lipinski definition) is 0. The van der Waals surface area contributed by atoms with Crippen LogP contribution in [0.1, 0.15) is 27.2 Å². The third-order valence-electron chi connectivity index (χ3n) is 2.22. The summed E-state index contributed by atoms with van der Waals surface area (Å²) in [6.45, 7) is 5.83. The van der Waals surface area contributed by atoms with E-state index in [1.165, 1.54) is 0 Å². The fourth-order valence-electron chi connectivity index (χ4n) is 1.56. The van der Waals surface area contributed by atoms with Crippen LogP contribution < -0.4 is 0 Å². The highest BCUT2D eigenvalue weighted by molar-refractivity contribution is 7.56. The van der Waals surface area contributed by atoms with Crippen molar-refractivity contribution in [1.82, 2.24) is 0 Å². The van der Waals surface area contributed by atoms with E-state index in [-0.39, 0.29) is 19.3 Å². The summed E-state index contributed by atoms with van der Waals surface area (Å²) in [5, 5.41) is 0. The Labute approximate surface area is 89.6 Å². The van der Waals surface area contributed by atoms with Crippen LogP contribution >= 0.6 is 7.60 Å². The first-order valence-electron chi connectivity index (χ1n) is 5.18. The normalized spacial score (nSPS) is 25.9. The summed E-state index contributed by atoms with van der Waals surface area (Å²) in [6.07, 6.45) is 0.294. The maximum atomic E-state index is 12.2. The van der Waals surface area contributed by atoms with Crippen LogP contribution in [0.15, 0.2) is 0 Å². The van der Waals surface area contributed by atoms with Gasteiger partial charge in [0.05, 0.1) is 13.2 Å². The van der Waals surface area contributed by atoms with Crippen LogP contribution in [0, 0.1) is 0 Å². The molecule has 1 fully saturated rings. The molecule has 0 aromatic heterocycles. The number of carbonyl (C=O) groups is 1. The minimum absolute atomic E-state index is 0.261. The van der Waals surface area contributed by atoms with E-state index in [2.05, 4.69) is 0 Å². The molecular weight excluding hydrogens is 219 g/mol. The summed E-state index contributed by atoms with van der Waals surface area (Å²) in [4.78, 5) is 11.2. The second-order valence-electron chi connectivity index (χ2n) is 3.20. The Hall–Kier alpha value is -0.380. The van der Waals surface area contributed by atoms with E-state index in [4.69, 9.17) is 13.8 Å². The molecule has 0 unspecified atom stereocenters. The standard InChI is InChI=1S/C9H17O5P/c1-4-7-8(9(10)14-7)15(11,12-5-2)13-6-3/h7-8H,4-6H2,1-3H3/t7-,8+/m0/s1. The Kier molecular flexibility index (Phi) is 4.32. The molecule has 88 valence electrons. The molecule has 0 saturated carbocycles. The molecule has 1 aliphatic heterocycles. The van der Waals surface area contributed by atoms with Crippen LogP contribution in [-0.4, -0.2) is 30.9 Å². The van der Waals surface area contributed by atoms with Crippen molar-refractivity contribution >= 4 is 13.6 Å². The molecule has 0 radical (unpaired) electrons. The molecule has 1 rings (SSSR count). The van der Waals surface area contributed by atoms with Gasteiger partial charge in [-0.3, -0.25) is 9.36 Å². The van der Waals surface area contributed by atoms with E-state index in [1.54, 1.807) is 13.8 Å². The Morgan fingerprint density at radius 1 is 1.27 bits per heavy atom. The lowest BCUT2D eigenvalue weighted by molar-refractivity contribution is -0.169. The highest BCUT2D eigenvalue weighted by Gasteiger charge is 2.55. The van der Waals surface area contributed by atoms with Gasteiger partial charge in [0.15, 0.2) is 5.66 Å². The number of esters is 1. The van der Waals surface area contributed by atoms with E-state index in [1.807, 2.05) is 6.92 Å². The topological polar surface area (TPSA) is 61.8 Å². The van der Waals surface area contributed by atoms with E-state index in [9.17, 15) is 9.36 Å². The first-order valence-corrected chi connectivity index (χ1v) is 6.79. The summed E-state index contributed by atoms with van der Waals surface area (Å²) in [7, 11) is -3.33. The number of carbonyl (C=O) groups excluding carboxylic acids is 1. The van der Waals surface area contributed by atoms with Gasteiger partial charge in [0, 0.05) is 0 Å². The fraction of sp³-hybridized carbons (Fsp3) is 0.889. The zero-order valence-corrected chi connectivity index (χ0v) is 10.2. The molecule has 1 aliphatic rings. The predicted molar refractivity (Wildman–Crippen MR) is 54.8 cm³/mol. The van der Waals surface area contributed by atoms with E-state index in [0.717, 1.165) is 0 Å². The van der Waals surface area contributed by atoms with Crippen LogP contribution in [-0.2, 0) is 23.1 Å². The number of hydrogen-bond acceptors (Lipinski definition) is 5. The van der Waals surface area contributed by atoms with Crippen LogP contribution in [0.25, 0.3) is 0 Å². The van der Waals surface area contributed by atoms with E-state index in [0.29, 0.717) is 6.42 Å². The van der Waals surface area contributed by atoms with Gasteiger partial charge in [-0.15, -0.1) is 0 Å². The molecule has 1 heterocycles. The maximum Gasteiger partial charge on any atom is 0.348 e. The second kappa shape index (κ2) is 5.10. The number of rotatable bonds is 6. The molecule has 0 aromatic rings. The van der Waals surface area contributed by atoms with Crippen molar-refractivity contribution in [2.24, 2.45) is 0 Å². The van der Waals surface area contributed by atoms with Crippen LogP contribution in [0.2, 0.25) is 0 Å². The van der Waals surface area contributed by atoms with Crippen molar-refractivity contribution in [3.8, 4) is 0 Å². The maximum absolute atomic E-state index is 12.2. The smallest absolute Gasteiger partial charge is 0.348 e. The summed E-state index contributed by atoms with van der Waals surface area (Å²) in [5.41, 5.74) is -0.734. The largest absolute Gasteiger partial charge is 0.460 e. The van der Waals surface area contributed by atoms with Crippen LogP contribution in [0.4, 0.5) is 0 Å². The Morgan fingerprint density at radius 3 is 2.13 bits per heavy atom. The Balaban J connectivity index is 2.78. The molecule has 0 amide bonds. The molecule has 15 heavy (non-hydrogen) atoms. The summed E-state index contributed by atoms with van der Waals surface area (Å²) in [6, 6.07) is 0. The average Bonchev–Trinajstić information content (AvgIpc) is 2.14. The minimum Gasteiger partial charge on any atom is -0.460 e. The lowest BCUT2D eigenvalue weighted by Gasteiger charge is -2.37. The third kappa shape index (κ3) is 2.41. The summed E-state index contributed by atoms with van der Waals surface area (Å²) >= 11 is 0. The molecule has 0 spiro atoms. The SMILES string of the molecule is CCOP(=O)(OCC)[C@H]1C(=O)O[C@H]1CC. The van der Waals surface area contributed by atoms with Crippen molar-refractivity contribution in [3.05, 3.63) is 0 Å². The third-order valence-corrected chi connectivity index (χ3v) is 4.68. The van der Waals surface area contributed by atoms with Gasteiger partial charge in [-0.05, 0) is 20.3 Å². The summed E-state index contributed by atoms with van der Waals surface area (Å²) < 4.78 is 27.3. The van der Waals surface area contributed by atoms with Crippen molar-refractivity contribution in [2.75, 3.05) is 13.2 Å². The number of ether oxygens (including phenoxy) is 1. The van der Waals surface area contributed by atoms with Crippen LogP contribution in [0.5, 0.6) is 0 Å². The minimum atomic E-state index is -3.33. The van der Waals surface area contributed by atoms with Gasteiger partial charge in [0.25, 0.3) is 0 Å². The highest BCUT2D eigenvalue weighted by atomic mass is 31.2. The Bertz CT molecular complexity index is 268. The molecule has 0 bridgehead atoms. The van der Waals surface area contributed by atoms with Gasteiger partial charge in [0.2, 0.25) is 0 Å². The molecular formula is C9H17O5P. The second-order valence-corrected chi connectivity index (χ2v) is 5.36.